The molecule has 2 aromatic carbocycles. The first-order valence-corrected chi connectivity index (χ1v) is 7.27. The largest absolute Gasteiger partial charge is 0.489 e. The van der Waals surface area contributed by atoms with Crippen LogP contribution in [-0.2, 0) is 17.8 Å². The van der Waals surface area contributed by atoms with E-state index in [4.69, 9.17) is 10.00 Å². The fourth-order valence-corrected chi connectivity index (χ4v) is 1.98. The number of benzene rings is 2. The van der Waals surface area contributed by atoms with Crippen molar-refractivity contribution in [3.63, 3.8) is 0 Å². The molecule has 0 aliphatic rings. The second-order valence-corrected chi connectivity index (χ2v) is 4.99. The van der Waals surface area contributed by atoms with Crippen LogP contribution in [0, 0.1) is 17.1 Å². The fourth-order valence-electron chi connectivity index (χ4n) is 1.98. The van der Waals surface area contributed by atoms with Crippen molar-refractivity contribution < 1.29 is 13.9 Å². The van der Waals surface area contributed by atoms with Crippen LogP contribution in [0.25, 0.3) is 0 Å². The topological polar surface area (TPSA) is 62.1 Å². The van der Waals surface area contributed by atoms with Crippen LogP contribution >= 0.6 is 0 Å². The summed E-state index contributed by atoms with van der Waals surface area (Å²) in [4.78, 5) is 11.2. The number of ether oxygens (including phenoxy) is 1. The second-order valence-electron chi connectivity index (χ2n) is 4.99. The summed E-state index contributed by atoms with van der Waals surface area (Å²) in [5.41, 5.74) is 1.96. The lowest BCUT2D eigenvalue weighted by Gasteiger charge is -2.08. The Labute approximate surface area is 134 Å². The van der Waals surface area contributed by atoms with Crippen molar-refractivity contribution in [3.05, 3.63) is 65.5 Å². The van der Waals surface area contributed by atoms with Crippen molar-refractivity contribution in [1.29, 1.82) is 5.26 Å². The van der Waals surface area contributed by atoms with Gasteiger partial charge in [0, 0.05) is 6.54 Å². The van der Waals surface area contributed by atoms with Crippen molar-refractivity contribution in [2.75, 3.05) is 6.54 Å². The maximum Gasteiger partial charge on any atom is 0.234 e. The third-order valence-corrected chi connectivity index (χ3v) is 3.22. The van der Waals surface area contributed by atoms with Gasteiger partial charge in [-0.2, -0.15) is 5.26 Å². The average Bonchev–Trinajstić information content (AvgIpc) is 2.56. The van der Waals surface area contributed by atoms with Crippen LogP contribution in [0.2, 0.25) is 0 Å². The molecule has 0 saturated carbocycles. The molecule has 0 heterocycles. The smallest absolute Gasteiger partial charge is 0.234 e. The summed E-state index contributed by atoms with van der Waals surface area (Å²) in [5.74, 6) is 0.207. The molecule has 0 fully saturated rings. The Balaban J connectivity index is 1.77. The van der Waals surface area contributed by atoms with E-state index in [9.17, 15) is 9.18 Å². The quantitative estimate of drug-likeness (QED) is 0.855. The van der Waals surface area contributed by atoms with E-state index in [0.717, 1.165) is 16.9 Å². The summed E-state index contributed by atoms with van der Waals surface area (Å²) in [7, 11) is 0. The van der Waals surface area contributed by atoms with Crippen LogP contribution in [0.3, 0.4) is 0 Å². The van der Waals surface area contributed by atoms with Gasteiger partial charge in [0.25, 0.3) is 0 Å². The zero-order valence-electron chi connectivity index (χ0n) is 12.6. The number of rotatable bonds is 7. The van der Waals surface area contributed by atoms with Crippen LogP contribution in [0.1, 0.15) is 17.5 Å². The Bertz CT molecular complexity index is 676. The minimum atomic E-state index is -0.264. The van der Waals surface area contributed by atoms with Crippen LogP contribution in [0.15, 0.2) is 48.5 Å². The molecule has 5 heteroatoms. The van der Waals surface area contributed by atoms with E-state index in [0.29, 0.717) is 19.6 Å². The standard InChI is InChI=1S/C18H17FN2O2/c19-16-5-1-15(2-6-16)13-23-17-7-3-14(4-8-17)10-12-21-18(22)9-11-20/h1-8H,9-10,12-13H2,(H,21,22). The highest BCUT2D eigenvalue weighted by atomic mass is 19.1. The van der Waals surface area contributed by atoms with E-state index in [1.807, 2.05) is 24.3 Å². The van der Waals surface area contributed by atoms with E-state index < -0.39 is 0 Å². The number of nitrogens with zero attached hydrogens (tertiary/aromatic N) is 1. The molecule has 0 aliphatic carbocycles. The molecule has 1 N–H and O–H groups in total. The lowest BCUT2D eigenvalue weighted by molar-refractivity contribution is -0.120. The van der Waals surface area contributed by atoms with Gasteiger partial charge >= 0.3 is 0 Å². The van der Waals surface area contributed by atoms with Gasteiger partial charge in [0.2, 0.25) is 5.91 Å². The van der Waals surface area contributed by atoms with E-state index in [1.165, 1.54) is 12.1 Å². The third kappa shape index (κ3) is 5.79. The molecule has 0 saturated heterocycles. The summed E-state index contributed by atoms with van der Waals surface area (Å²) in [6.45, 7) is 0.875. The lowest BCUT2D eigenvalue weighted by Crippen LogP contribution is -2.24. The lowest BCUT2D eigenvalue weighted by atomic mass is 10.1. The molecule has 0 atom stereocenters. The molecule has 0 aromatic heterocycles. The summed E-state index contributed by atoms with van der Waals surface area (Å²) >= 11 is 0. The summed E-state index contributed by atoms with van der Waals surface area (Å²) in [6, 6.07) is 15.6. The van der Waals surface area contributed by atoms with E-state index in [-0.39, 0.29) is 18.1 Å². The first-order valence-electron chi connectivity index (χ1n) is 7.27. The minimum Gasteiger partial charge on any atom is -0.489 e. The first kappa shape index (κ1) is 16.5. The van der Waals surface area contributed by atoms with Gasteiger partial charge in [-0.05, 0) is 41.8 Å². The number of carbonyl (C=O) groups excluding carboxylic acids is 1. The average molecular weight is 312 g/mol. The highest BCUT2D eigenvalue weighted by Crippen LogP contribution is 2.14. The molecule has 1 amide bonds. The van der Waals surface area contributed by atoms with Crippen LogP contribution in [-0.4, -0.2) is 12.5 Å². The predicted octanol–water partition coefficient (Wildman–Crippen LogP) is 2.98. The molecule has 0 spiro atoms. The van der Waals surface area contributed by atoms with Crippen LogP contribution < -0.4 is 10.1 Å². The van der Waals surface area contributed by atoms with Crippen molar-refractivity contribution in [2.45, 2.75) is 19.4 Å². The van der Waals surface area contributed by atoms with Crippen LogP contribution in [0.4, 0.5) is 4.39 Å². The van der Waals surface area contributed by atoms with Crippen LogP contribution in [0.5, 0.6) is 5.75 Å². The highest BCUT2D eigenvalue weighted by molar-refractivity contribution is 5.77. The maximum atomic E-state index is 12.8. The first-order chi connectivity index (χ1) is 11.2. The second kappa shape index (κ2) is 8.54. The van der Waals surface area contributed by atoms with E-state index >= 15 is 0 Å². The summed E-state index contributed by atoms with van der Waals surface area (Å²) < 4.78 is 18.4. The third-order valence-electron chi connectivity index (χ3n) is 3.22. The molecule has 0 radical (unpaired) electrons. The molecule has 0 bridgehead atoms. The van der Waals surface area contributed by atoms with Gasteiger partial charge in [0.15, 0.2) is 0 Å². The molecule has 4 nitrogen and oxygen atoms in total. The molecule has 0 aliphatic heterocycles. The monoisotopic (exact) mass is 312 g/mol. The molecule has 2 rings (SSSR count). The Morgan fingerprint density at radius 1 is 1.09 bits per heavy atom. The molecule has 0 unspecified atom stereocenters. The molecular weight excluding hydrogens is 295 g/mol. The van der Waals surface area contributed by atoms with Gasteiger partial charge in [-0.3, -0.25) is 4.79 Å². The molecule has 118 valence electrons. The number of halogens is 1. The molecule has 23 heavy (non-hydrogen) atoms. The molecule has 2 aromatic rings. The van der Waals surface area contributed by atoms with Crippen molar-refractivity contribution in [2.24, 2.45) is 0 Å². The number of amides is 1. The van der Waals surface area contributed by atoms with Gasteiger partial charge in [-0.15, -0.1) is 0 Å². The Morgan fingerprint density at radius 2 is 1.74 bits per heavy atom. The normalized spacial score (nSPS) is 9.91. The predicted molar refractivity (Wildman–Crippen MR) is 84.1 cm³/mol. The van der Waals surface area contributed by atoms with Crippen molar-refractivity contribution >= 4 is 5.91 Å². The van der Waals surface area contributed by atoms with Gasteiger partial charge in [0.05, 0.1) is 6.07 Å². The van der Waals surface area contributed by atoms with Crippen molar-refractivity contribution in [3.8, 4) is 11.8 Å². The summed E-state index contributed by atoms with van der Waals surface area (Å²) in [6.07, 6.45) is 0.575. The van der Waals surface area contributed by atoms with Gasteiger partial charge < -0.3 is 10.1 Å². The Morgan fingerprint density at radius 3 is 2.39 bits per heavy atom. The fraction of sp³-hybridized carbons (Fsp3) is 0.222. The van der Waals surface area contributed by atoms with Crippen molar-refractivity contribution in [1.82, 2.24) is 5.32 Å². The van der Waals surface area contributed by atoms with Gasteiger partial charge in [-0.1, -0.05) is 24.3 Å². The Hall–Kier alpha value is -2.87. The molecular formula is C18H17FN2O2. The maximum absolute atomic E-state index is 12.8. The van der Waals surface area contributed by atoms with E-state index in [1.54, 1.807) is 18.2 Å². The number of hydrogen-bond donors (Lipinski definition) is 1. The van der Waals surface area contributed by atoms with E-state index in [2.05, 4.69) is 5.32 Å². The number of carbonyl (C=O) groups is 1. The summed E-state index contributed by atoms with van der Waals surface area (Å²) in [5, 5.41) is 11.1. The number of hydrogen-bond acceptors (Lipinski definition) is 3. The number of nitriles is 1. The minimum absolute atomic E-state index is 0.115. The Kier molecular flexibility index (Phi) is 6.13. The van der Waals surface area contributed by atoms with Gasteiger partial charge in [0.1, 0.15) is 24.6 Å². The SMILES string of the molecule is N#CCC(=O)NCCc1ccc(OCc2ccc(F)cc2)cc1. The highest BCUT2D eigenvalue weighted by Gasteiger charge is 2.01. The number of nitrogens with one attached hydrogen (secondary N) is 1. The zero-order valence-corrected chi connectivity index (χ0v) is 12.6. The van der Waals surface area contributed by atoms with Gasteiger partial charge in [-0.25, -0.2) is 4.39 Å². The zero-order chi connectivity index (χ0) is 16.5.